The second-order valence-electron chi connectivity index (χ2n) is 7.91. The Labute approximate surface area is 172 Å². The van der Waals surface area contributed by atoms with E-state index in [9.17, 15) is 9.18 Å². The fourth-order valence-electron chi connectivity index (χ4n) is 4.15. The van der Waals surface area contributed by atoms with Crippen LogP contribution < -0.4 is 4.74 Å². The first-order chi connectivity index (χ1) is 14.1. The van der Waals surface area contributed by atoms with Crippen molar-refractivity contribution in [2.24, 2.45) is 5.92 Å². The lowest BCUT2D eigenvalue weighted by Crippen LogP contribution is -2.51. The molecule has 2 saturated heterocycles. The highest BCUT2D eigenvalue weighted by atomic mass is 19.1. The van der Waals surface area contributed by atoms with Crippen molar-refractivity contribution in [3.8, 4) is 5.75 Å². The van der Waals surface area contributed by atoms with E-state index in [-0.39, 0.29) is 23.9 Å². The minimum absolute atomic E-state index is 0.0380. The third-order valence-corrected chi connectivity index (χ3v) is 5.89. The van der Waals surface area contributed by atoms with Crippen LogP contribution in [0.4, 0.5) is 4.39 Å². The number of likely N-dealkylation sites (tertiary alicyclic amines) is 1. The molecule has 1 unspecified atom stereocenters. The fraction of sp³-hybridized carbons (Fsp3) is 0.682. The molecule has 1 atom stereocenters. The lowest BCUT2D eigenvalue weighted by atomic mass is 9.78. The molecule has 1 aromatic carbocycles. The molecule has 0 aliphatic carbocycles. The molecule has 6 nitrogen and oxygen atoms in total. The van der Waals surface area contributed by atoms with Crippen molar-refractivity contribution < 1.29 is 28.1 Å². The number of halogens is 1. The van der Waals surface area contributed by atoms with Crippen molar-refractivity contribution >= 4 is 5.91 Å². The zero-order valence-corrected chi connectivity index (χ0v) is 17.2. The maximum Gasteiger partial charge on any atom is 0.248 e. The van der Waals surface area contributed by atoms with Crippen molar-refractivity contribution in [1.82, 2.24) is 4.90 Å². The molecular formula is C22H32FNO5. The zero-order valence-electron chi connectivity index (χ0n) is 17.2. The van der Waals surface area contributed by atoms with Gasteiger partial charge in [0.1, 0.15) is 18.2 Å². The number of carbonyl (C=O) groups excluding carboxylic acids is 1. The quantitative estimate of drug-likeness (QED) is 0.587. The van der Waals surface area contributed by atoms with Gasteiger partial charge in [0.2, 0.25) is 5.91 Å². The average Bonchev–Trinajstić information content (AvgIpc) is 2.73. The van der Waals surface area contributed by atoms with Gasteiger partial charge in [0.15, 0.2) is 0 Å². The van der Waals surface area contributed by atoms with Crippen molar-refractivity contribution in [2.45, 2.75) is 37.7 Å². The summed E-state index contributed by atoms with van der Waals surface area (Å²) in [4.78, 5) is 14.2. The maximum atomic E-state index is 13.0. The maximum absolute atomic E-state index is 13.0. The predicted octanol–water partition coefficient (Wildman–Crippen LogP) is 3.05. The Morgan fingerprint density at radius 2 is 1.97 bits per heavy atom. The van der Waals surface area contributed by atoms with Gasteiger partial charge in [0.25, 0.3) is 0 Å². The Kier molecular flexibility index (Phi) is 8.27. The van der Waals surface area contributed by atoms with Gasteiger partial charge >= 0.3 is 0 Å². The van der Waals surface area contributed by atoms with Gasteiger partial charge in [0, 0.05) is 26.8 Å². The predicted molar refractivity (Wildman–Crippen MR) is 106 cm³/mol. The summed E-state index contributed by atoms with van der Waals surface area (Å²) in [5.74, 6) is 1.03. The summed E-state index contributed by atoms with van der Waals surface area (Å²) in [6.45, 7) is 3.85. The zero-order chi connectivity index (χ0) is 20.5. The minimum atomic E-state index is -0.255. The van der Waals surface area contributed by atoms with Gasteiger partial charge in [-0.25, -0.2) is 4.39 Å². The summed E-state index contributed by atoms with van der Waals surface area (Å²) in [5.41, 5.74) is -0.119. The molecule has 1 amide bonds. The highest BCUT2D eigenvalue weighted by Crippen LogP contribution is 2.38. The second-order valence-corrected chi connectivity index (χ2v) is 7.91. The number of hydrogen-bond acceptors (Lipinski definition) is 5. The molecule has 29 heavy (non-hydrogen) atoms. The van der Waals surface area contributed by atoms with E-state index in [1.807, 2.05) is 4.90 Å². The van der Waals surface area contributed by atoms with Gasteiger partial charge in [-0.3, -0.25) is 4.79 Å². The van der Waals surface area contributed by atoms with E-state index in [4.69, 9.17) is 18.9 Å². The SMILES string of the molecule is COCCOCC(=O)N1CCC2(CC1)CC(CCOc1ccc(F)cc1)CCO2. The first-order valence-electron chi connectivity index (χ1n) is 10.5. The van der Waals surface area contributed by atoms with Crippen LogP contribution in [0.5, 0.6) is 5.75 Å². The summed E-state index contributed by atoms with van der Waals surface area (Å²) in [7, 11) is 1.61. The van der Waals surface area contributed by atoms with E-state index in [1.54, 1.807) is 19.2 Å². The van der Waals surface area contributed by atoms with Crippen LogP contribution in [0.25, 0.3) is 0 Å². The Bertz CT molecular complexity index is 631. The molecule has 162 valence electrons. The molecule has 0 saturated carbocycles. The normalized spacial score (nSPS) is 21.3. The molecule has 0 N–H and O–H groups in total. The third-order valence-electron chi connectivity index (χ3n) is 5.89. The number of piperidine rings is 1. The lowest BCUT2D eigenvalue weighted by molar-refractivity contribution is -0.151. The number of amides is 1. The largest absolute Gasteiger partial charge is 0.494 e. The second kappa shape index (κ2) is 10.9. The first kappa shape index (κ1) is 22.0. The Hall–Kier alpha value is -1.70. The molecule has 2 aliphatic rings. The van der Waals surface area contributed by atoms with Crippen LogP contribution in [0.15, 0.2) is 24.3 Å². The Morgan fingerprint density at radius 3 is 2.69 bits per heavy atom. The average molecular weight is 409 g/mol. The van der Waals surface area contributed by atoms with Crippen LogP contribution in [0, 0.1) is 11.7 Å². The molecule has 1 aromatic rings. The van der Waals surface area contributed by atoms with Gasteiger partial charge in [-0.1, -0.05) is 0 Å². The van der Waals surface area contributed by atoms with E-state index in [1.165, 1.54) is 12.1 Å². The van der Waals surface area contributed by atoms with Gasteiger partial charge in [-0.15, -0.1) is 0 Å². The highest BCUT2D eigenvalue weighted by Gasteiger charge is 2.40. The molecule has 2 aliphatic heterocycles. The number of benzene rings is 1. The summed E-state index contributed by atoms with van der Waals surface area (Å²) >= 11 is 0. The summed E-state index contributed by atoms with van der Waals surface area (Å²) < 4.78 is 35.2. The van der Waals surface area contributed by atoms with Crippen molar-refractivity contribution in [1.29, 1.82) is 0 Å². The topological polar surface area (TPSA) is 57.2 Å². The van der Waals surface area contributed by atoms with Crippen molar-refractivity contribution in [3.05, 3.63) is 30.1 Å². The fourth-order valence-corrected chi connectivity index (χ4v) is 4.15. The molecule has 0 aromatic heterocycles. The monoisotopic (exact) mass is 409 g/mol. The van der Waals surface area contributed by atoms with E-state index in [2.05, 4.69) is 0 Å². The van der Waals surface area contributed by atoms with Gasteiger partial charge in [0.05, 0.1) is 25.4 Å². The summed E-state index contributed by atoms with van der Waals surface area (Å²) in [6.07, 6.45) is 4.73. The molecule has 3 rings (SSSR count). The molecule has 1 spiro atoms. The van der Waals surface area contributed by atoms with E-state index < -0.39 is 0 Å². The summed E-state index contributed by atoms with van der Waals surface area (Å²) in [5, 5.41) is 0. The van der Waals surface area contributed by atoms with Crippen LogP contribution in [0.2, 0.25) is 0 Å². The smallest absolute Gasteiger partial charge is 0.248 e. The summed E-state index contributed by atoms with van der Waals surface area (Å²) in [6, 6.07) is 6.14. The number of nitrogens with zero attached hydrogens (tertiary/aromatic N) is 1. The molecule has 2 heterocycles. The lowest BCUT2D eigenvalue weighted by Gasteiger charge is -2.46. The molecule has 0 radical (unpaired) electrons. The molecule has 0 bridgehead atoms. The van der Waals surface area contributed by atoms with Crippen molar-refractivity contribution in [3.63, 3.8) is 0 Å². The van der Waals surface area contributed by atoms with Crippen LogP contribution in [-0.4, -0.2) is 69.6 Å². The molecular weight excluding hydrogens is 377 g/mol. The van der Waals surface area contributed by atoms with Crippen molar-refractivity contribution in [2.75, 3.05) is 53.2 Å². The van der Waals surface area contributed by atoms with E-state index in [0.29, 0.717) is 44.6 Å². The number of methoxy groups -OCH3 is 1. The Balaban J connectivity index is 1.38. The number of carbonyl (C=O) groups is 1. The minimum Gasteiger partial charge on any atom is -0.494 e. The first-order valence-corrected chi connectivity index (χ1v) is 10.5. The van der Waals surface area contributed by atoms with Gasteiger partial charge < -0.3 is 23.8 Å². The van der Waals surface area contributed by atoms with Crippen LogP contribution in [-0.2, 0) is 19.0 Å². The van der Waals surface area contributed by atoms with Gasteiger partial charge in [-0.05, 0) is 62.3 Å². The number of ether oxygens (including phenoxy) is 4. The molecule has 2 fully saturated rings. The molecule has 7 heteroatoms. The highest BCUT2D eigenvalue weighted by molar-refractivity contribution is 5.77. The van der Waals surface area contributed by atoms with Crippen LogP contribution in [0.1, 0.15) is 32.1 Å². The van der Waals surface area contributed by atoms with Gasteiger partial charge in [-0.2, -0.15) is 0 Å². The Morgan fingerprint density at radius 1 is 1.21 bits per heavy atom. The number of rotatable bonds is 9. The standard InChI is InChI=1S/C22H32FNO5/c1-26-14-15-27-17-21(25)24-10-8-22(9-11-24)16-18(7-13-29-22)6-12-28-20-4-2-19(23)3-5-20/h2-5,18H,6-17H2,1H3. The van der Waals surface area contributed by atoms with Crippen LogP contribution in [0.3, 0.4) is 0 Å². The van der Waals surface area contributed by atoms with Crippen LogP contribution >= 0.6 is 0 Å². The number of hydrogen-bond donors (Lipinski definition) is 0. The third kappa shape index (κ3) is 6.66. The van der Waals surface area contributed by atoms with E-state index in [0.717, 1.165) is 38.7 Å². The van der Waals surface area contributed by atoms with E-state index >= 15 is 0 Å².